The number of pyridine rings is 2. The second-order valence-electron chi connectivity index (χ2n) is 8.83. The highest BCUT2D eigenvalue weighted by Gasteiger charge is 2.49. The molecule has 182 valence electrons. The zero-order chi connectivity index (χ0) is 24.7. The quantitative estimate of drug-likeness (QED) is 0.400. The Morgan fingerprint density at radius 1 is 1.09 bits per heavy atom. The van der Waals surface area contributed by atoms with E-state index >= 15 is 0 Å². The number of hydrogen-bond acceptors (Lipinski definition) is 6. The molecule has 0 aliphatic carbocycles. The Kier molecular flexibility index (Phi) is 6.08. The molecule has 5 rings (SSSR count). The van der Waals surface area contributed by atoms with Crippen molar-refractivity contribution in [1.29, 1.82) is 0 Å². The fraction of sp³-hybridized carbons (Fsp3) is 0.320. The molecular weight excluding hydrogens is 477 g/mol. The highest BCUT2D eigenvalue weighted by molar-refractivity contribution is 8.00. The second kappa shape index (κ2) is 9.07. The first kappa shape index (κ1) is 23.5. The average molecular weight is 501 g/mol. The van der Waals surface area contributed by atoms with Gasteiger partial charge < -0.3 is 14.7 Å². The zero-order valence-corrected chi connectivity index (χ0v) is 19.6. The second-order valence-corrected chi connectivity index (χ2v) is 9.66. The first-order valence-electron chi connectivity index (χ1n) is 11.3. The summed E-state index contributed by atoms with van der Waals surface area (Å²) in [6, 6.07) is 14.8. The molecule has 2 aliphatic heterocycles. The first-order valence-corrected chi connectivity index (χ1v) is 12.1. The van der Waals surface area contributed by atoms with Crippen LogP contribution >= 0.6 is 11.9 Å². The number of carbonyl (C=O) groups is 1. The maximum atomic E-state index is 13.7. The van der Waals surface area contributed by atoms with Gasteiger partial charge in [-0.3, -0.25) is 4.79 Å². The van der Waals surface area contributed by atoms with Gasteiger partial charge in [0, 0.05) is 29.6 Å². The summed E-state index contributed by atoms with van der Waals surface area (Å²) >= 11 is 1.15. The van der Waals surface area contributed by atoms with Crippen molar-refractivity contribution in [2.75, 3.05) is 9.62 Å². The van der Waals surface area contributed by atoms with Crippen LogP contribution in [0.1, 0.15) is 30.4 Å². The van der Waals surface area contributed by atoms with Crippen molar-refractivity contribution in [2.45, 2.75) is 49.5 Å². The zero-order valence-electron chi connectivity index (χ0n) is 18.8. The minimum absolute atomic E-state index is 0.0635. The van der Waals surface area contributed by atoms with Crippen LogP contribution in [0.25, 0.3) is 11.3 Å². The summed E-state index contributed by atoms with van der Waals surface area (Å²) < 4.78 is 44.0. The van der Waals surface area contributed by atoms with Gasteiger partial charge in [0.2, 0.25) is 0 Å². The highest BCUT2D eigenvalue weighted by Crippen LogP contribution is 2.44. The smallest absolute Gasteiger partial charge is 0.418 e. The number of carboxylic acids is 1. The summed E-state index contributed by atoms with van der Waals surface area (Å²) in [5, 5.41) is 10.1. The van der Waals surface area contributed by atoms with Gasteiger partial charge in [0.25, 0.3) is 0 Å². The van der Waals surface area contributed by atoms with Gasteiger partial charge in [-0.1, -0.05) is 30.3 Å². The van der Waals surface area contributed by atoms with E-state index < -0.39 is 17.7 Å². The standard InChI is InChI=1S/C25H23F3N4O2S/c1-14-5-2-3-6-16(14)23-18(25(26,27)28)10-12-20(29-23)31-35-22-8-4-7-21(30-22)32-15-9-11-19(32)17(13-15)24(33)34/h2-8,10,12,15,17,19H,9,11,13H2,1H3,(H,29,31)(H,33,34)/t15-,17+,19+/m1/s1. The lowest BCUT2D eigenvalue weighted by Gasteiger charge is -2.24. The fourth-order valence-electron chi connectivity index (χ4n) is 5.11. The Hall–Kier alpha value is -3.27. The van der Waals surface area contributed by atoms with Crippen LogP contribution in [0.5, 0.6) is 0 Å². The maximum absolute atomic E-state index is 13.7. The van der Waals surface area contributed by atoms with Gasteiger partial charge in [-0.2, -0.15) is 13.2 Å². The molecule has 10 heteroatoms. The van der Waals surface area contributed by atoms with Crippen LogP contribution in [0.15, 0.2) is 59.6 Å². The van der Waals surface area contributed by atoms with Crippen LogP contribution in [0.2, 0.25) is 0 Å². The predicted octanol–water partition coefficient (Wildman–Crippen LogP) is 6.03. The minimum Gasteiger partial charge on any atom is -0.481 e. The fourth-order valence-corrected chi connectivity index (χ4v) is 5.72. The Morgan fingerprint density at radius 3 is 2.60 bits per heavy atom. The van der Waals surface area contributed by atoms with Crippen LogP contribution in [0.3, 0.4) is 0 Å². The third kappa shape index (κ3) is 4.54. The molecule has 1 aromatic carbocycles. The van der Waals surface area contributed by atoms with Crippen LogP contribution in [-0.4, -0.2) is 33.1 Å². The number of nitrogens with zero attached hydrogens (tertiary/aromatic N) is 3. The number of aryl methyl sites for hydroxylation is 1. The number of hydrogen-bond donors (Lipinski definition) is 2. The number of aliphatic carboxylic acids is 1. The van der Waals surface area contributed by atoms with E-state index in [1.807, 2.05) is 12.1 Å². The Labute approximate surface area is 204 Å². The van der Waals surface area contributed by atoms with Crippen molar-refractivity contribution in [2.24, 2.45) is 5.92 Å². The summed E-state index contributed by atoms with van der Waals surface area (Å²) in [6.07, 6.45) is -2.14. The minimum atomic E-state index is -4.53. The van der Waals surface area contributed by atoms with E-state index in [2.05, 4.69) is 19.6 Å². The van der Waals surface area contributed by atoms with Gasteiger partial charge in [-0.15, -0.1) is 0 Å². The monoisotopic (exact) mass is 500 g/mol. The number of fused-ring (bicyclic) bond motifs is 2. The number of aromatic nitrogens is 2. The molecule has 3 atom stereocenters. The van der Waals surface area contributed by atoms with Crippen molar-refractivity contribution in [1.82, 2.24) is 9.97 Å². The summed E-state index contributed by atoms with van der Waals surface area (Å²) in [4.78, 5) is 22.7. The lowest BCUT2D eigenvalue weighted by Crippen LogP contribution is -2.33. The molecule has 4 heterocycles. The molecule has 2 aromatic heterocycles. The number of nitrogens with one attached hydrogen (secondary N) is 1. The lowest BCUT2D eigenvalue weighted by atomic mass is 9.89. The molecule has 35 heavy (non-hydrogen) atoms. The average Bonchev–Trinajstić information content (AvgIpc) is 3.41. The number of alkyl halides is 3. The molecule has 2 aliphatic rings. The van der Waals surface area contributed by atoms with Crippen molar-refractivity contribution in [3.05, 3.63) is 65.7 Å². The lowest BCUT2D eigenvalue weighted by molar-refractivity contribution is -0.142. The van der Waals surface area contributed by atoms with E-state index in [0.29, 0.717) is 28.4 Å². The summed E-state index contributed by atoms with van der Waals surface area (Å²) in [7, 11) is 0. The molecule has 2 bridgehead atoms. The third-order valence-electron chi connectivity index (χ3n) is 6.69. The van der Waals surface area contributed by atoms with Crippen molar-refractivity contribution in [3.63, 3.8) is 0 Å². The van der Waals surface area contributed by atoms with Crippen LogP contribution in [0.4, 0.5) is 24.8 Å². The van der Waals surface area contributed by atoms with E-state index in [0.717, 1.165) is 30.9 Å². The predicted molar refractivity (Wildman–Crippen MR) is 128 cm³/mol. The Balaban J connectivity index is 1.38. The van der Waals surface area contributed by atoms with Crippen molar-refractivity contribution >= 4 is 29.6 Å². The van der Waals surface area contributed by atoms with Gasteiger partial charge >= 0.3 is 12.1 Å². The summed E-state index contributed by atoms with van der Waals surface area (Å²) in [5.74, 6) is -0.164. The molecule has 2 N–H and O–H groups in total. The molecule has 2 fully saturated rings. The first-order chi connectivity index (χ1) is 16.7. The van der Waals surface area contributed by atoms with Crippen LogP contribution < -0.4 is 9.62 Å². The van der Waals surface area contributed by atoms with Crippen molar-refractivity contribution < 1.29 is 23.1 Å². The Morgan fingerprint density at radius 2 is 1.89 bits per heavy atom. The SMILES string of the molecule is Cc1ccccc1-c1nc(NSc2cccc(N3[C@@H]4CC[C@H]3[C@@H](C(=O)O)C4)n2)ccc1C(F)(F)F. The number of benzene rings is 1. The molecule has 0 radical (unpaired) electrons. The van der Waals surface area contributed by atoms with Gasteiger partial charge in [-0.25, -0.2) is 9.97 Å². The molecule has 0 spiro atoms. The van der Waals surface area contributed by atoms with E-state index in [1.165, 1.54) is 6.07 Å². The number of carboxylic acid groups (broad SMARTS) is 1. The number of halogens is 3. The molecule has 0 amide bonds. The normalized spacial score (nSPS) is 21.4. The van der Waals surface area contributed by atoms with Gasteiger partial charge in [0.15, 0.2) is 0 Å². The maximum Gasteiger partial charge on any atom is 0.418 e. The molecule has 0 unspecified atom stereocenters. The molecule has 6 nitrogen and oxygen atoms in total. The van der Waals surface area contributed by atoms with E-state index in [9.17, 15) is 23.1 Å². The summed E-state index contributed by atoms with van der Waals surface area (Å²) in [6.45, 7) is 1.75. The number of rotatable bonds is 6. The van der Waals surface area contributed by atoms with E-state index in [-0.39, 0.29) is 29.5 Å². The van der Waals surface area contributed by atoms with Crippen LogP contribution in [0, 0.1) is 12.8 Å². The van der Waals surface area contributed by atoms with Crippen LogP contribution in [-0.2, 0) is 11.0 Å². The van der Waals surface area contributed by atoms with Gasteiger partial charge in [-0.05, 0) is 56.0 Å². The highest BCUT2D eigenvalue weighted by atomic mass is 32.2. The van der Waals surface area contributed by atoms with Gasteiger partial charge in [0.1, 0.15) is 16.7 Å². The molecular formula is C25H23F3N4O2S. The molecule has 2 saturated heterocycles. The van der Waals surface area contributed by atoms with Crippen molar-refractivity contribution in [3.8, 4) is 11.3 Å². The Bertz CT molecular complexity index is 1270. The largest absolute Gasteiger partial charge is 0.481 e. The van der Waals surface area contributed by atoms with E-state index in [1.54, 1.807) is 37.3 Å². The topological polar surface area (TPSA) is 78.4 Å². The number of anilines is 2. The third-order valence-corrected chi connectivity index (χ3v) is 7.44. The summed E-state index contributed by atoms with van der Waals surface area (Å²) in [5.41, 5.74) is 0.201. The molecule has 0 saturated carbocycles. The van der Waals surface area contributed by atoms with Gasteiger partial charge in [0.05, 0.1) is 17.2 Å². The van der Waals surface area contributed by atoms with E-state index in [4.69, 9.17) is 0 Å². The molecule has 3 aromatic rings.